The van der Waals surface area contributed by atoms with Crippen molar-refractivity contribution >= 4 is 15.6 Å². The topological polar surface area (TPSA) is 136 Å². The van der Waals surface area contributed by atoms with Crippen molar-refractivity contribution in [1.29, 1.82) is 0 Å². The average Bonchev–Trinajstić information content (AvgIpc) is 1.14. The minimum atomic E-state index is -5.68. The van der Waals surface area contributed by atoms with Crippen molar-refractivity contribution in [1.82, 2.24) is 0 Å². The average molecular weight is 237 g/mol. The van der Waals surface area contributed by atoms with Crippen LogP contribution in [-0.2, 0) is 30.5 Å². The molecule has 7 nitrogen and oxygen atoms in total. The van der Waals surface area contributed by atoms with Gasteiger partial charge in [-0.1, -0.05) is 0 Å². The maximum Gasteiger partial charge on any atom is 4.00 e. The third-order valence-electron chi connectivity index (χ3n) is 0.200. The minimum absolute atomic E-state index is 0. The van der Waals surface area contributed by atoms with E-state index in [0.717, 1.165) is 0 Å². The first kappa shape index (κ1) is 13.4. The molecule has 0 unspecified atom stereocenters. The summed E-state index contributed by atoms with van der Waals surface area (Å²) in [6.07, 6.45) is 0. The molecule has 0 aromatic heterocycles. The van der Waals surface area contributed by atoms with Crippen LogP contribution < -0.4 is 19.6 Å². The van der Waals surface area contributed by atoms with Gasteiger partial charge in [-0.3, -0.25) is 0 Å². The van der Waals surface area contributed by atoms with Gasteiger partial charge in [0.05, 0.1) is 15.6 Å². The zero-order valence-electron chi connectivity index (χ0n) is 4.05. The molecule has 0 aromatic rings. The Balaban J connectivity index is 0. The van der Waals surface area contributed by atoms with E-state index in [-0.39, 0.29) is 17.1 Å². The Morgan fingerprint density at radius 3 is 1.10 bits per heavy atom. The van der Waals surface area contributed by atoms with Crippen molar-refractivity contribution in [3.05, 3.63) is 0 Å². The minimum Gasteiger partial charge on any atom is -0.790 e. The second-order valence-corrected chi connectivity index (χ2v) is 3.42. The molecule has 0 heterocycles. The van der Waals surface area contributed by atoms with Crippen LogP contribution in [0.2, 0.25) is 0 Å². The Morgan fingerprint density at radius 2 is 1.10 bits per heavy atom. The second-order valence-electron chi connectivity index (χ2n) is 0.976. The van der Waals surface area contributed by atoms with E-state index in [1.54, 1.807) is 0 Å². The third-order valence-corrected chi connectivity index (χ3v) is 1.80. The summed E-state index contributed by atoms with van der Waals surface area (Å²) in [5.41, 5.74) is 0. The molecule has 0 aliphatic carbocycles. The molecule has 0 atom stereocenters. The van der Waals surface area contributed by atoms with E-state index in [4.69, 9.17) is 0 Å². The van der Waals surface area contributed by atoms with Crippen LogP contribution in [0.4, 0.5) is 0 Å². The molecule has 0 saturated carbocycles. The van der Waals surface area contributed by atoms with Gasteiger partial charge in [0.25, 0.3) is 0 Å². The number of hydrogen-bond donors (Lipinski definition) is 0. The molecule has 0 rings (SSSR count). The van der Waals surface area contributed by atoms with Crippen LogP contribution in [0.1, 0.15) is 0 Å². The van der Waals surface area contributed by atoms with E-state index in [2.05, 4.69) is 4.31 Å². The zero-order chi connectivity index (χ0) is 7.71. The summed E-state index contributed by atoms with van der Waals surface area (Å²) >= 11 is 0. The largest absolute Gasteiger partial charge is 4.00 e. The first-order valence-corrected chi connectivity index (χ1v) is 4.38. The Labute approximate surface area is 66.4 Å². The number of phosphoric acid groups is 2. The maximum absolute atomic E-state index is 9.32. The quantitative estimate of drug-likeness (QED) is 0.362. The molecular weight excluding hydrogens is 237 g/mol. The smallest absolute Gasteiger partial charge is 0.790 e. The monoisotopic (exact) mass is 237 g/mol. The van der Waals surface area contributed by atoms with E-state index in [9.17, 15) is 28.7 Å². The van der Waals surface area contributed by atoms with Gasteiger partial charge in [-0.05, 0) is 0 Å². The fourth-order valence-corrected chi connectivity index (χ4v) is 1.10. The Bertz CT molecular complexity index is 152. The molecule has 0 N–H and O–H groups in total. The molecular formula is CuO7P2. The summed E-state index contributed by atoms with van der Waals surface area (Å²) < 4.78 is 21.2. The van der Waals surface area contributed by atoms with Crippen LogP contribution in [0.15, 0.2) is 0 Å². The summed E-state index contributed by atoms with van der Waals surface area (Å²) in [5, 5.41) is 0. The van der Waals surface area contributed by atoms with Crippen molar-refractivity contribution in [2.75, 3.05) is 0 Å². The molecule has 0 fully saturated rings. The molecule has 0 bridgehead atoms. The van der Waals surface area contributed by atoms with Crippen molar-refractivity contribution in [2.24, 2.45) is 0 Å². The van der Waals surface area contributed by atoms with Gasteiger partial charge in [0, 0.05) is 0 Å². The molecule has 0 saturated heterocycles. The number of hydrogen-bond acceptors (Lipinski definition) is 7. The van der Waals surface area contributed by atoms with Crippen LogP contribution in [-0.4, -0.2) is 0 Å². The standard InChI is InChI=1S/Cu.H4O7P2/c;1-8(2,3)7-9(4,5)6/h;(H2,1,2,3)(H2,4,5,6)/q+4;/p-4. The maximum atomic E-state index is 9.32. The van der Waals surface area contributed by atoms with Crippen LogP contribution in [0.25, 0.3) is 0 Å². The van der Waals surface area contributed by atoms with Crippen molar-refractivity contribution in [3.63, 3.8) is 0 Å². The first-order chi connectivity index (χ1) is 3.71. The van der Waals surface area contributed by atoms with Crippen LogP contribution in [0, 0.1) is 0 Å². The van der Waals surface area contributed by atoms with Gasteiger partial charge in [0.1, 0.15) is 0 Å². The molecule has 1 radical (unpaired) electrons. The van der Waals surface area contributed by atoms with E-state index in [1.165, 1.54) is 0 Å². The molecule has 63 valence electrons. The zero-order valence-corrected chi connectivity index (χ0v) is 6.78. The summed E-state index contributed by atoms with van der Waals surface area (Å²) in [6.45, 7) is 0. The van der Waals surface area contributed by atoms with Crippen molar-refractivity contribution < 1.29 is 50.1 Å². The summed E-state index contributed by atoms with van der Waals surface area (Å²) in [7, 11) is -11.4. The van der Waals surface area contributed by atoms with Gasteiger partial charge in [-0.15, -0.1) is 0 Å². The van der Waals surface area contributed by atoms with Crippen molar-refractivity contribution in [3.8, 4) is 0 Å². The first-order valence-electron chi connectivity index (χ1n) is 1.46. The van der Waals surface area contributed by atoms with Gasteiger partial charge in [-0.2, -0.15) is 0 Å². The molecule has 0 aliphatic heterocycles. The summed E-state index contributed by atoms with van der Waals surface area (Å²) in [5.74, 6) is 0. The molecule has 0 spiro atoms. The van der Waals surface area contributed by atoms with Gasteiger partial charge >= 0.3 is 17.1 Å². The fourth-order valence-electron chi connectivity index (χ4n) is 0.122. The van der Waals surface area contributed by atoms with Gasteiger partial charge in [-0.25, -0.2) is 0 Å². The fraction of sp³-hybridized carbons (Fsp3) is 0. The Kier molecular flexibility index (Phi) is 5.31. The van der Waals surface area contributed by atoms with E-state index in [1.807, 2.05) is 0 Å². The Hall–Kier alpha value is 0.779. The SMILES string of the molecule is O=P([O-])([O-])OP(=O)([O-])[O-].[Cu+4]. The Morgan fingerprint density at radius 1 is 0.900 bits per heavy atom. The van der Waals surface area contributed by atoms with Crippen molar-refractivity contribution in [2.45, 2.75) is 0 Å². The molecule has 0 aromatic carbocycles. The molecule has 10 heavy (non-hydrogen) atoms. The number of rotatable bonds is 2. The van der Waals surface area contributed by atoms with E-state index in [0.29, 0.717) is 0 Å². The van der Waals surface area contributed by atoms with Gasteiger partial charge < -0.3 is 33.0 Å². The van der Waals surface area contributed by atoms with Crippen LogP contribution in [0.5, 0.6) is 0 Å². The predicted octanol–water partition coefficient (Wildman–Crippen LogP) is -3.34. The van der Waals surface area contributed by atoms with Gasteiger partial charge in [0.15, 0.2) is 0 Å². The summed E-state index contributed by atoms with van der Waals surface area (Å²) in [6, 6.07) is 0. The van der Waals surface area contributed by atoms with E-state index < -0.39 is 15.6 Å². The molecule has 10 heteroatoms. The third kappa shape index (κ3) is 11.6. The van der Waals surface area contributed by atoms with E-state index >= 15 is 0 Å². The molecule has 0 amide bonds. The second kappa shape index (κ2) is 3.97. The summed E-state index contributed by atoms with van der Waals surface area (Å²) in [4.78, 5) is 37.3. The van der Waals surface area contributed by atoms with Gasteiger partial charge in [0.2, 0.25) is 0 Å². The van der Waals surface area contributed by atoms with Crippen LogP contribution in [0.3, 0.4) is 0 Å². The molecule has 0 aliphatic rings. The predicted molar refractivity (Wildman–Crippen MR) is 16.3 cm³/mol. The normalized spacial score (nSPS) is 12.4. The van der Waals surface area contributed by atoms with Crippen LogP contribution >= 0.6 is 15.6 Å².